The highest BCUT2D eigenvalue weighted by molar-refractivity contribution is 4.89. The Balaban J connectivity index is 2.50. The summed E-state index contributed by atoms with van der Waals surface area (Å²) in [7, 11) is 0. The van der Waals surface area contributed by atoms with Crippen molar-refractivity contribution in [2.45, 2.75) is 65.8 Å². The van der Waals surface area contributed by atoms with E-state index in [0.29, 0.717) is 5.41 Å². The van der Waals surface area contributed by atoms with Gasteiger partial charge in [0.15, 0.2) is 0 Å². The highest BCUT2D eigenvalue weighted by Gasteiger charge is 2.36. The van der Waals surface area contributed by atoms with Gasteiger partial charge in [0.05, 0.1) is 6.61 Å². The van der Waals surface area contributed by atoms with Gasteiger partial charge in [0, 0.05) is 24.1 Å². The van der Waals surface area contributed by atoms with Gasteiger partial charge >= 0.3 is 0 Å². The minimum atomic E-state index is 0.212. The summed E-state index contributed by atoms with van der Waals surface area (Å²) in [4.78, 5) is 0. The molecule has 102 valence electrons. The van der Waals surface area contributed by atoms with Crippen molar-refractivity contribution >= 4 is 0 Å². The van der Waals surface area contributed by atoms with Crippen LogP contribution in [-0.4, -0.2) is 25.3 Å². The zero-order valence-corrected chi connectivity index (χ0v) is 12.4. The maximum Gasteiger partial charge on any atom is 0.0535 e. The first-order valence-electron chi connectivity index (χ1n) is 7.20. The lowest BCUT2D eigenvalue weighted by Crippen LogP contribution is -2.45. The third kappa shape index (κ3) is 5.39. The van der Waals surface area contributed by atoms with E-state index in [9.17, 15) is 0 Å². The molecule has 0 aliphatic carbocycles. The Morgan fingerprint density at radius 1 is 1.35 bits per heavy atom. The average molecular weight is 241 g/mol. The molecule has 1 aliphatic heterocycles. The van der Waals surface area contributed by atoms with Gasteiger partial charge in [-0.05, 0) is 39.5 Å². The molecule has 1 rings (SSSR count). The highest BCUT2D eigenvalue weighted by Crippen LogP contribution is 2.36. The van der Waals surface area contributed by atoms with Crippen LogP contribution in [0.2, 0.25) is 0 Å². The van der Waals surface area contributed by atoms with Crippen LogP contribution in [0.5, 0.6) is 0 Å². The first kappa shape index (κ1) is 15.0. The number of ether oxygens (including phenoxy) is 1. The van der Waals surface area contributed by atoms with Gasteiger partial charge in [0.2, 0.25) is 0 Å². The van der Waals surface area contributed by atoms with Crippen LogP contribution in [0.4, 0.5) is 0 Å². The summed E-state index contributed by atoms with van der Waals surface area (Å²) >= 11 is 0. The van der Waals surface area contributed by atoms with Crippen molar-refractivity contribution in [3.05, 3.63) is 0 Å². The maximum absolute atomic E-state index is 5.66. The van der Waals surface area contributed by atoms with Crippen molar-refractivity contribution in [2.75, 3.05) is 19.8 Å². The minimum Gasteiger partial charge on any atom is -0.381 e. The fourth-order valence-corrected chi connectivity index (χ4v) is 2.81. The molecule has 1 aliphatic rings. The number of hydrogen-bond acceptors (Lipinski definition) is 2. The van der Waals surface area contributed by atoms with E-state index in [-0.39, 0.29) is 5.54 Å². The summed E-state index contributed by atoms with van der Waals surface area (Å²) in [6.07, 6.45) is 5.18. The molecular formula is C15H31NO. The Morgan fingerprint density at radius 3 is 2.53 bits per heavy atom. The van der Waals surface area contributed by atoms with Gasteiger partial charge in [-0.3, -0.25) is 0 Å². The van der Waals surface area contributed by atoms with E-state index < -0.39 is 0 Å². The Kier molecular flexibility index (Phi) is 5.46. The number of rotatable bonds is 6. The normalized spacial score (nSPS) is 27.4. The zero-order valence-electron chi connectivity index (χ0n) is 12.4. The molecular weight excluding hydrogens is 210 g/mol. The molecule has 1 saturated heterocycles. The molecule has 1 fully saturated rings. The van der Waals surface area contributed by atoms with E-state index in [2.05, 4.69) is 39.9 Å². The number of hydrogen-bond donors (Lipinski definition) is 1. The van der Waals surface area contributed by atoms with E-state index in [1.165, 1.54) is 25.7 Å². The second-order valence-electron chi connectivity index (χ2n) is 7.00. The van der Waals surface area contributed by atoms with Crippen molar-refractivity contribution < 1.29 is 4.74 Å². The molecule has 0 aromatic carbocycles. The molecule has 1 N–H and O–H groups in total. The van der Waals surface area contributed by atoms with Crippen molar-refractivity contribution in [1.29, 1.82) is 0 Å². The molecule has 2 unspecified atom stereocenters. The van der Waals surface area contributed by atoms with Crippen LogP contribution in [0.25, 0.3) is 0 Å². The van der Waals surface area contributed by atoms with Crippen LogP contribution >= 0.6 is 0 Å². The number of nitrogens with one attached hydrogen (secondary N) is 1. The average Bonchev–Trinajstić information content (AvgIpc) is 2.63. The molecule has 0 aromatic rings. The van der Waals surface area contributed by atoms with Crippen LogP contribution in [0.1, 0.15) is 60.3 Å². The Labute approximate surface area is 108 Å². The monoisotopic (exact) mass is 241 g/mol. The summed E-state index contributed by atoms with van der Waals surface area (Å²) in [5.41, 5.74) is 0.603. The van der Waals surface area contributed by atoms with Gasteiger partial charge < -0.3 is 10.1 Å². The molecule has 0 radical (unpaired) electrons. The van der Waals surface area contributed by atoms with E-state index in [4.69, 9.17) is 4.74 Å². The lowest BCUT2D eigenvalue weighted by atomic mass is 9.77. The summed E-state index contributed by atoms with van der Waals surface area (Å²) < 4.78 is 5.66. The largest absolute Gasteiger partial charge is 0.381 e. The summed E-state index contributed by atoms with van der Waals surface area (Å²) in [5.74, 6) is 0.823. The van der Waals surface area contributed by atoms with Crippen LogP contribution in [0.3, 0.4) is 0 Å². The molecule has 2 heteroatoms. The second kappa shape index (κ2) is 6.19. The predicted octanol–water partition coefficient (Wildman–Crippen LogP) is 3.61. The third-order valence-corrected chi connectivity index (χ3v) is 3.74. The van der Waals surface area contributed by atoms with Gasteiger partial charge in [-0.15, -0.1) is 0 Å². The molecule has 0 bridgehead atoms. The van der Waals surface area contributed by atoms with Gasteiger partial charge in [0.1, 0.15) is 0 Å². The predicted molar refractivity (Wildman–Crippen MR) is 74.3 cm³/mol. The smallest absolute Gasteiger partial charge is 0.0535 e. The molecule has 1 heterocycles. The maximum atomic E-state index is 5.66. The van der Waals surface area contributed by atoms with Gasteiger partial charge in [-0.2, -0.15) is 0 Å². The second-order valence-corrected chi connectivity index (χ2v) is 7.00. The van der Waals surface area contributed by atoms with Gasteiger partial charge in [-0.25, -0.2) is 0 Å². The third-order valence-electron chi connectivity index (χ3n) is 3.74. The van der Waals surface area contributed by atoms with E-state index >= 15 is 0 Å². The topological polar surface area (TPSA) is 21.3 Å². The fourth-order valence-electron chi connectivity index (χ4n) is 2.81. The van der Waals surface area contributed by atoms with Crippen LogP contribution in [0.15, 0.2) is 0 Å². The SMILES string of the molecule is CCCC(C)CC1(CNC(C)(C)C)CCOC1. The Bertz CT molecular complexity index is 213. The molecule has 0 amide bonds. The standard InChI is InChI=1S/C15H31NO/c1-6-7-13(2)10-15(8-9-17-12-15)11-16-14(3,4)5/h13,16H,6-12H2,1-5H3. The molecule has 0 saturated carbocycles. The van der Waals surface area contributed by atoms with Crippen LogP contribution in [-0.2, 0) is 4.74 Å². The van der Waals surface area contributed by atoms with Crippen molar-refractivity contribution in [3.8, 4) is 0 Å². The van der Waals surface area contributed by atoms with Gasteiger partial charge in [-0.1, -0.05) is 26.7 Å². The molecule has 2 nitrogen and oxygen atoms in total. The molecule has 17 heavy (non-hydrogen) atoms. The minimum absolute atomic E-state index is 0.212. The first-order chi connectivity index (χ1) is 7.87. The van der Waals surface area contributed by atoms with E-state index in [1.54, 1.807) is 0 Å². The summed E-state index contributed by atoms with van der Waals surface area (Å²) in [5, 5.41) is 3.67. The lowest BCUT2D eigenvalue weighted by molar-refractivity contribution is 0.125. The fraction of sp³-hybridized carbons (Fsp3) is 1.00. The van der Waals surface area contributed by atoms with Crippen molar-refractivity contribution in [2.24, 2.45) is 11.3 Å². The van der Waals surface area contributed by atoms with Crippen molar-refractivity contribution in [3.63, 3.8) is 0 Å². The molecule has 0 spiro atoms. The zero-order chi connectivity index (χ0) is 12.9. The van der Waals surface area contributed by atoms with Crippen molar-refractivity contribution in [1.82, 2.24) is 5.32 Å². The summed E-state index contributed by atoms with van der Waals surface area (Å²) in [6.45, 7) is 14.4. The highest BCUT2D eigenvalue weighted by atomic mass is 16.5. The Hall–Kier alpha value is -0.0800. The molecule has 2 atom stereocenters. The summed E-state index contributed by atoms with van der Waals surface area (Å²) in [6, 6.07) is 0. The molecule has 0 aromatic heterocycles. The van der Waals surface area contributed by atoms with E-state index in [0.717, 1.165) is 25.7 Å². The first-order valence-corrected chi connectivity index (χ1v) is 7.20. The van der Waals surface area contributed by atoms with E-state index in [1.807, 2.05) is 0 Å². The van der Waals surface area contributed by atoms with Crippen LogP contribution < -0.4 is 5.32 Å². The quantitative estimate of drug-likeness (QED) is 0.767. The lowest BCUT2D eigenvalue weighted by Gasteiger charge is -2.34. The van der Waals surface area contributed by atoms with Crippen LogP contribution in [0, 0.1) is 11.3 Å². The Morgan fingerprint density at radius 2 is 2.06 bits per heavy atom. The van der Waals surface area contributed by atoms with Gasteiger partial charge in [0.25, 0.3) is 0 Å².